The summed E-state index contributed by atoms with van der Waals surface area (Å²) in [6, 6.07) is 1.95. The number of aromatic nitrogens is 1. The monoisotopic (exact) mass is 177 g/mol. The van der Waals surface area contributed by atoms with Crippen LogP contribution >= 0.6 is 0 Å². The molecule has 0 N–H and O–H groups in total. The third-order valence-corrected chi connectivity index (χ3v) is 2.01. The Labute approximate surface area is 78.5 Å². The van der Waals surface area contributed by atoms with Crippen molar-refractivity contribution in [2.75, 3.05) is 0 Å². The van der Waals surface area contributed by atoms with Gasteiger partial charge in [-0.15, -0.1) is 0 Å². The molecule has 0 saturated heterocycles. The predicted molar refractivity (Wildman–Crippen MR) is 54.9 cm³/mol. The van der Waals surface area contributed by atoms with Crippen LogP contribution in [0.15, 0.2) is 29.2 Å². The van der Waals surface area contributed by atoms with Crippen LogP contribution in [0.2, 0.25) is 0 Å². The van der Waals surface area contributed by atoms with Gasteiger partial charge in [-0.3, -0.25) is 4.79 Å². The minimum Gasteiger partial charge on any atom is -0.318 e. The predicted octanol–water partition coefficient (Wildman–Crippen LogP) is 1.81. The first-order valence-corrected chi connectivity index (χ1v) is 4.42. The summed E-state index contributed by atoms with van der Waals surface area (Å²) in [6.07, 6.45) is 6.88. The third-order valence-electron chi connectivity index (χ3n) is 2.01. The number of rotatable bonds is 2. The van der Waals surface area contributed by atoms with Gasteiger partial charge < -0.3 is 4.57 Å². The molecule has 2 nitrogen and oxygen atoms in total. The number of allylic oxidation sites excluding steroid dienone is 2. The summed E-state index contributed by atoms with van der Waals surface area (Å²) in [4.78, 5) is 11.3. The molecule has 1 heterocycles. The maximum absolute atomic E-state index is 11.3. The lowest BCUT2D eigenvalue weighted by molar-refractivity contribution is 0.835. The highest BCUT2D eigenvalue weighted by atomic mass is 16.1. The van der Waals surface area contributed by atoms with Crippen molar-refractivity contribution < 1.29 is 0 Å². The van der Waals surface area contributed by atoms with Crippen LogP contribution in [-0.2, 0) is 13.5 Å². The minimum absolute atomic E-state index is 0.0872. The van der Waals surface area contributed by atoms with E-state index >= 15 is 0 Å². The molecule has 0 aliphatic rings. The van der Waals surface area contributed by atoms with Crippen LogP contribution in [0, 0.1) is 6.92 Å². The molecule has 70 valence electrons. The van der Waals surface area contributed by atoms with E-state index in [-0.39, 0.29) is 5.56 Å². The zero-order valence-corrected chi connectivity index (χ0v) is 8.37. The zero-order chi connectivity index (χ0) is 9.84. The summed E-state index contributed by atoms with van der Waals surface area (Å²) in [7, 11) is 1.79. The van der Waals surface area contributed by atoms with Crippen LogP contribution in [0.5, 0.6) is 0 Å². The number of hydrogen-bond acceptors (Lipinski definition) is 1. The highest BCUT2D eigenvalue weighted by Crippen LogP contribution is 2.00. The number of nitrogens with zero attached hydrogens (tertiary/aromatic N) is 1. The molecule has 0 unspecified atom stereocenters. The SMILES string of the molecule is C/C=C/Cc1cc(C)c(=O)n(C)c1. The van der Waals surface area contributed by atoms with E-state index in [2.05, 4.69) is 6.08 Å². The number of aryl methyl sites for hydroxylation is 2. The van der Waals surface area contributed by atoms with E-state index < -0.39 is 0 Å². The summed E-state index contributed by atoms with van der Waals surface area (Å²) in [5, 5.41) is 0. The van der Waals surface area contributed by atoms with Gasteiger partial charge in [-0.05, 0) is 31.9 Å². The van der Waals surface area contributed by atoms with E-state index in [4.69, 9.17) is 0 Å². The molecule has 0 fully saturated rings. The lowest BCUT2D eigenvalue weighted by Crippen LogP contribution is -2.18. The smallest absolute Gasteiger partial charge is 0.253 e. The molecule has 0 saturated carbocycles. The molecule has 1 aromatic heterocycles. The molecule has 0 radical (unpaired) electrons. The number of hydrogen-bond donors (Lipinski definition) is 0. The van der Waals surface area contributed by atoms with Crippen LogP contribution in [0.1, 0.15) is 18.1 Å². The molecule has 13 heavy (non-hydrogen) atoms. The molecule has 0 atom stereocenters. The molecule has 2 heteroatoms. The van der Waals surface area contributed by atoms with Gasteiger partial charge in [0.05, 0.1) is 0 Å². The molecule has 0 bridgehead atoms. The van der Waals surface area contributed by atoms with Crippen LogP contribution in [-0.4, -0.2) is 4.57 Å². The van der Waals surface area contributed by atoms with E-state index in [9.17, 15) is 4.79 Å². The van der Waals surface area contributed by atoms with Gasteiger partial charge in [0, 0.05) is 18.8 Å². The lowest BCUT2D eigenvalue weighted by Gasteiger charge is -2.03. The van der Waals surface area contributed by atoms with Crippen molar-refractivity contribution >= 4 is 0 Å². The first-order valence-electron chi connectivity index (χ1n) is 4.42. The van der Waals surface area contributed by atoms with Gasteiger partial charge in [-0.2, -0.15) is 0 Å². The van der Waals surface area contributed by atoms with Gasteiger partial charge in [0.15, 0.2) is 0 Å². The first-order chi connectivity index (χ1) is 6.15. The van der Waals surface area contributed by atoms with Crippen molar-refractivity contribution in [1.82, 2.24) is 4.57 Å². The second-order valence-corrected chi connectivity index (χ2v) is 3.22. The van der Waals surface area contributed by atoms with Crippen LogP contribution < -0.4 is 5.56 Å². The van der Waals surface area contributed by atoms with Gasteiger partial charge in [-0.1, -0.05) is 12.2 Å². The van der Waals surface area contributed by atoms with Crippen molar-refractivity contribution in [3.8, 4) is 0 Å². The zero-order valence-electron chi connectivity index (χ0n) is 8.37. The van der Waals surface area contributed by atoms with Crippen molar-refractivity contribution in [1.29, 1.82) is 0 Å². The topological polar surface area (TPSA) is 22.0 Å². The molecule has 0 aromatic carbocycles. The van der Waals surface area contributed by atoms with E-state index in [1.54, 1.807) is 11.6 Å². The normalized spacial score (nSPS) is 11.0. The fraction of sp³-hybridized carbons (Fsp3) is 0.364. The Morgan fingerprint density at radius 1 is 1.54 bits per heavy atom. The van der Waals surface area contributed by atoms with Gasteiger partial charge in [-0.25, -0.2) is 0 Å². The average molecular weight is 177 g/mol. The Hall–Kier alpha value is -1.31. The molecule has 0 aliphatic carbocycles. The summed E-state index contributed by atoms with van der Waals surface area (Å²) in [5.41, 5.74) is 2.08. The standard InChI is InChI=1S/C11H15NO/c1-4-5-6-10-7-9(2)11(13)12(3)8-10/h4-5,7-8H,6H2,1-3H3/b5-4+. The minimum atomic E-state index is 0.0872. The van der Waals surface area contributed by atoms with Crippen LogP contribution in [0.25, 0.3) is 0 Å². The molecular formula is C11H15NO. The Kier molecular flexibility index (Phi) is 3.07. The van der Waals surface area contributed by atoms with Gasteiger partial charge in [0.25, 0.3) is 5.56 Å². The van der Waals surface area contributed by atoms with Gasteiger partial charge in [0.2, 0.25) is 0 Å². The van der Waals surface area contributed by atoms with Crippen LogP contribution in [0.4, 0.5) is 0 Å². The molecular weight excluding hydrogens is 162 g/mol. The molecule has 0 amide bonds. The van der Waals surface area contributed by atoms with E-state index in [0.717, 1.165) is 12.0 Å². The molecule has 0 spiro atoms. The second kappa shape index (κ2) is 4.08. The number of pyridine rings is 1. The quantitative estimate of drug-likeness (QED) is 0.631. The Balaban J connectivity index is 3.06. The van der Waals surface area contributed by atoms with E-state index in [0.29, 0.717) is 0 Å². The van der Waals surface area contributed by atoms with Gasteiger partial charge >= 0.3 is 0 Å². The van der Waals surface area contributed by atoms with Crippen molar-refractivity contribution in [2.24, 2.45) is 7.05 Å². The molecule has 1 rings (SSSR count). The molecule has 0 aliphatic heterocycles. The maximum atomic E-state index is 11.3. The lowest BCUT2D eigenvalue weighted by atomic mass is 10.1. The van der Waals surface area contributed by atoms with Crippen molar-refractivity contribution in [3.63, 3.8) is 0 Å². The maximum Gasteiger partial charge on any atom is 0.253 e. The van der Waals surface area contributed by atoms with Crippen LogP contribution in [0.3, 0.4) is 0 Å². The highest BCUT2D eigenvalue weighted by Gasteiger charge is 1.98. The van der Waals surface area contributed by atoms with Crippen molar-refractivity contribution in [3.05, 3.63) is 45.9 Å². The Morgan fingerprint density at radius 3 is 2.77 bits per heavy atom. The Bertz CT molecular complexity index is 348. The van der Waals surface area contributed by atoms with Crippen molar-refractivity contribution in [2.45, 2.75) is 20.3 Å². The summed E-state index contributed by atoms with van der Waals surface area (Å²) < 4.78 is 1.63. The third kappa shape index (κ3) is 2.31. The second-order valence-electron chi connectivity index (χ2n) is 3.22. The summed E-state index contributed by atoms with van der Waals surface area (Å²) >= 11 is 0. The van der Waals surface area contributed by atoms with Gasteiger partial charge in [0.1, 0.15) is 0 Å². The fourth-order valence-electron chi connectivity index (χ4n) is 1.33. The first kappa shape index (κ1) is 9.78. The molecule has 1 aromatic rings. The summed E-state index contributed by atoms with van der Waals surface area (Å²) in [5.74, 6) is 0. The largest absolute Gasteiger partial charge is 0.318 e. The average Bonchev–Trinajstić information content (AvgIpc) is 2.10. The Morgan fingerprint density at radius 2 is 2.23 bits per heavy atom. The summed E-state index contributed by atoms with van der Waals surface area (Å²) in [6.45, 7) is 3.84. The highest BCUT2D eigenvalue weighted by molar-refractivity contribution is 5.20. The van der Waals surface area contributed by atoms with E-state index in [1.807, 2.05) is 32.2 Å². The fourth-order valence-corrected chi connectivity index (χ4v) is 1.33. The van der Waals surface area contributed by atoms with E-state index in [1.165, 1.54) is 5.56 Å².